The molecule has 57 heavy (non-hydrogen) atoms. The number of quaternary nitrogens is 1. The van der Waals surface area contributed by atoms with E-state index in [0.717, 1.165) is 89.9 Å². The van der Waals surface area contributed by atoms with Crippen LogP contribution in [-0.4, -0.2) is 75.5 Å². The molecule has 0 spiro atoms. The second kappa shape index (κ2) is 39.1. The summed E-state index contributed by atoms with van der Waals surface area (Å²) in [5.41, 5.74) is 0. The van der Waals surface area contributed by atoms with Gasteiger partial charge in [0.2, 0.25) is 0 Å². The van der Waals surface area contributed by atoms with Gasteiger partial charge in [0.15, 0.2) is 6.10 Å². The number of allylic oxidation sites excluding steroid dienone is 16. The van der Waals surface area contributed by atoms with E-state index >= 15 is 0 Å². The van der Waals surface area contributed by atoms with Crippen LogP contribution in [0.25, 0.3) is 0 Å². The van der Waals surface area contributed by atoms with Crippen molar-refractivity contribution in [1.29, 1.82) is 0 Å². The van der Waals surface area contributed by atoms with Gasteiger partial charge < -0.3 is 28.6 Å². The van der Waals surface area contributed by atoms with Crippen molar-refractivity contribution in [2.24, 2.45) is 0 Å². The van der Waals surface area contributed by atoms with Gasteiger partial charge in [0.1, 0.15) is 12.6 Å². The van der Waals surface area contributed by atoms with E-state index in [0.29, 0.717) is 12.8 Å². The molecule has 0 aliphatic heterocycles. The Balaban J connectivity index is 4.44. The third kappa shape index (κ3) is 37.6. The summed E-state index contributed by atoms with van der Waals surface area (Å²) in [7, 11) is 5.37. The van der Waals surface area contributed by atoms with Crippen LogP contribution in [0.1, 0.15) is 142 Å². The van der Waals surface area contributed by atoms with Gasteiger partial charge in [-0.2, -0.15) is 0 Å². The first-order chi connectivity index (χ1) is 27.6. The first kappa shape index (κ1) is 53.2. The van der Waals surface area contributed by atoms with Crippen molar-refractivity contribution < 1.29 is 38.2 Å². The summed E-state index contributed by atoms with van der Waals surface area (Å²) in [5, 5.41) is 11.6. The molecule has 0 heterocycles. The minimum atomic E-state index is -1.14. The Hall–Kier alpha value is -3.75. The number of nitrogens with zero attached hydrogens (tertiary/aromatic N) is 1. The number of likely N-dealkylation sites (N-methyl/N-ethyl adjacent to an activating group) is 1. The van der Waals surface area contributed by atoms with Gasteiger partial charge in [0.05, 0.1) is 40.3 Å². The van der Waals surface area contributed by atoms with Crippen LogP contribution in [0.3, 0.4) is 0 Å². The van der Waals surface area contributed by atoms with E-state index < -0.39 is 18.1 Å². The standard InChI is InChI=1S/C49H79NO7/c1-6-8-10-12-14-16-18-19-20-21-22-23-24-25-26-27-28-30-32-34-36-38-40-48(52)57-45(43-55-42-41-46(49(53)54)50(3,4)5)44-56-47(51)39-37-35-33-31-29-17-15-13-11-9-7-2/h8,10,13-17,19-20,22-23,25-26,28-30,45-46H,6-7,9,11-12,18,21,24,27,31-44H2,1-5H3/b10-8+,15-13+,16-14+,20-19+,23-22+,26-25+,29-17+,30-28+. The average molecular weight is 794 g/mol. The Labute approximate surface area is 347 Å². The van der Waals surface area contributed by atoms with Gasteiger partial charge >= 0.3 is 11.9 Å². The lowest BCUT2D eigenvalue weighted by molar-refractivity contribution is -0.889. The molecule has 0 aliphatic rings. The molecule has 0 aromatic heterocycles. The highest BCUT2D eigenvalue weighted by Crippen LogP contribution is 2.11. The first-order valence-electron chi connectivity index (χ1n) is 21.8. The zero-order valence-corrected chi connectivity index (χ0v) is 36.5. The fourth-order valence-corrected chi connectivity index (χ4v) is 5.58. The Kier molecular flexibility index (Phi) is 36.5. The van der Waals surface area contributed by atoms with Gasteiger partial charge in [0.25, 0.3) is 0 Å². The molecule has 0 saturated carbocycles. The molecule has 0 aliphatic carbocycles. The molecule has 322 valence electrons. The highest BCUT2D eigenvalue weighted by molar-refractivity contribution is 5.70. The number of carboxylic acids is 1. The molecular formula is C49H79NO7. The van der Waals surface area contributed by atoms with Gasteiger partial charge in [-0.1, -0.05) is 137 Å². The maximum Gasteiger partial charge on any atom is 0.306 e. The largest absolute Gasteiger partial charge is 0.544 e. The molecule has 8 heteroatoms. The van der Waals surface area contributed by atoms with Gasteiger partial charge in [-0.3, -0.25) is 9.59 Å². The number of carboxylic acid groups (broad SMARTS) is 1. The molecule has 0 N–H and O–H groups in total. The van der Waals surface area contributed by atoms with Crippen molar-refractivity contribution in [1.82, 2.24) is 0 Å². The molecule has 2 unspecified atom stereocenters. The minimum absolute atomic E-state index is 0.0117. The van der Waals surface area contributed by atoms with E-state index in [-0.39, 0.29) is 49.1 Å². The van der Waals surface area contributed by atoms with E-state index in [1.807, 2.05) is 0 Å². The molecule has 0 amide bonds. The van der Waals surface area contributed by atoms with Crippen molar-refractivity contribution in [2.45, 2.75) is 154 Å². The van der Waals surface area contributed by atoms with E-state index in [9.17, 15) is 19.5 Å². The first-order valence-corrected chi connectivity index (χ1v) is 21.8. The maximum absolute atomic E-state index is 12.7. The summed E-state index contributed by atoms with van der Waals surface area (Å²) >= 11 is 0. The smallest absolute Gasteiger partial charge is 0.306 e. The summed E-state index contributed by atoms with van der Waals surface area (Å²) in [6.07, 6.45) is 51.5. The van der Waals surface area contributed by atoms with Crippen molar-refractivity contribution >= 4 is 17.9 Å². The van der Waals surface area contributed by atoms with Crippen LogP contribution in [0, 0.1) is 0 Å². The average Bonchev–Trinajstić information content (AvgIpc) is 3.17. The predicted molar refractivity (Wildman–Crippen MR) is 235 cm³/mol. The van der Waals surface area contributed by atoms with Crippen LogP contribution in [0.4, 0.5) is 0 Å². The molecule has 0 rings (SSSR count). The van der Waals surface area contributed by atoms with Crippen molar-refractivity contribution in [3.63, 3.8) is 0 Å². The van der Waals surface area contributed by atoms with Crippen LogP contribution in [-0.2, 0) is 28.6 Å². The van der Waals surface area contributed by atoms with Gasteiger partial charge in [-0.25, -0.2) is 0 Å². The number of esters is 2. The second-order valence-electron chi connectivity index (χ2n) is 15.2. The number of carbonyl (C=O) groups is 3. The third-order valence-corrected chi connectivity index (χ3v) is 8.98. The number of unbranched alkanes of at least 4 members (excludes halogenated alkanes) is 8. The number of aliphatic carboxylic acids is 1. The lowest BCUT2D eigenvalue weighted by Crippen LogP contribution is -2.55. The number of hydrogen-bond acceptors (Lipinski definition) is 7. The molecule has 0 saturated heterocycles. The van der Waals surface area contributed by atoms with Crippen molar-refractivity contribution in [3.05, 3.63) is 97.2 Å². The number of ether oxygens (including phenoxy) is 3. The SMILES string of the molecule is CC/C=C/C/C=C/C/C=C/C/C=C/C/C=C/C/C=C/CCCCCC(=O)OC(COCCC(C(=O)[O-])[N+](C)(C)C)COC(=O)CCCCC/C=C/C=C/CCCC. The van der Waals surface area contributed by atoms with E-state index in [4.69, 9.17) is 14.2 Å². The number of carbonyl (C=O) groups excluding carboxylic acids is 3. The molecule has 2 atom stereocenters. The second-order valence-corrected chi connectivity index (χ2v) is 15.2. The zero-order chi connectivity index (χ0) is 42.1. The summed E-state index contributed by atoms with van der Waals surface area (Å²) in [5.74, 6) is -1.83. The van der Waals surface area contributed by atoms with Crippen LogP contribution in [0.5, 0.6) is 0 Å². The summed E-state index contributed by atoms with van der Waals surface area (Å²) < 4.78 is 17.1. The fourth-order valence-electron chi connectivity index (χ4n) is 5.58. The Morgan fingerprint density at radius 2 is 1.04 bits per heavy atom. The molecule has 8 nitrogen and oxygen atoms in total. The number of hydrogen-bond donors (Lipinski definition) is 0. The Morgan fingerprint density at radius 3 is 1.53 bits per heavy atom. The van der Waals surface area contributed by atoms with Crippen molar-refractivity contribution in [2.75, 3.05) is 41.0 Å². The summed E-state index contributed by atoms with van der Waals surface area (Å²) in [6.45, 7) is 4.40. The van der Waals surface area contributed by atoms with Gasteiger partial charge in [0, 0.05) is 19.3 Å². The van der Waals surface area contributed by atoms with Crippen LogP contribution >= 0.6 is 0 Å². The maximum atomic E-state index is 12.7. The lowest BCUT2D eigenvalue weighted by atomic mass is 10.1. The Morgan fingerprint density at radius 1 is 0.561 bits per heavy atom. The minimum Gasteiger partial charge on any atom is -0.544 e. The van der Waals surface area contributed by atoms with Crippen LogP contribution in [0.2, 0.25) is 0 Å². The molecule has 0 radical (unpaired) electrons. The molecule has 0 aromatic rings. The monoisotopic (exact) mass is 794 g/mol. The third-order valence-electron chi connectivity index (χ3n) is 8.98. The topological polar surface area (TPSA) is 102 Å². The lowest BCUT2D eigenvalue weighted by Gasteiger charge is -2.34. The van der Waals surface area contributed by atoms with Gasteiger partial charge in [-0.15, -0.1) is 0 Å². The fraction of sp³-hybridized carbons (Fsp3) is 0.612. The van der Waals surface area contributed by atoms with Gasteiger partial charge in [-0.05, 0) is 83.5 Å². The quantitative estimate of drug-likeness (QED) is 0.0203. The molecule has 0 bridgehead atoms. The highest BCUT2D eigenvalue weighted by Gasteiger charge is 2.25. The molecule has 0 aromatic carbocycles. The summed E-state index contributed by atoms with van der Waals surface area (Å²) in [4.78, 5) is 36.8. The van der Waals surface area contributed by atoms with Crippen LogP contribution < -0.4 is 5.11 Å². The molecule has 0 fully saturated rings. The Bertz CT molecular complexity index is 1250. The van der Waals surface area contributed by atoms with Crippen molar-refractivity contribution in [3.8, 4) is 0 Å². The predicted octanol–water partition coefficient (Wildman–Crippen LogP) is 10.6. The van der Waals surface area contributed by atoms with Crippen LogP contribution in [0.15, 0.2) is 97.2 Å². The number of rotatable bonds is 37. The van der Waals surface area contributed by atoms with E-state index in [1.165, 1.54) is 12.8 Å². The highest BCUT2D eigenvalue weighted by atomic mass is 16.6. The summed E-state index contributed by atoms with van der Waals surface area (Å²) in [6, 6.07) is -0.741. The van der Waals surface area contributed by atoms with E-state index in [2.05, 4.69) is 111 Å². The zero-order valence-electron chi connectivity index (χ0n) is 36.5. The molecular weight excluding hydrogens is 715 g/mol. The normalized spacial score (nSPS) is 13.9. The van der Waals surface area contributed by atoms with E-state index in [1.54, 1.807) is 21.1 Å².